The summed E-state index contributed by atoms with van der Waals surface area (Å²) in [6.45, 7) is 1.23. The first-order chi connectivity index (χ1) is 12.9. The summed E-state index contributed by atoms with van der Waals surface area (Å²) in [7, 11) is 2.20. The highest BCUT2D eigenvalue weighted by Crippen LogP contribution is 2.62. The molecule has 29 heavy (non-hydrogen) atoms. The number of aromatic hydroxyl groups is 1. The summed E-state index contributed by atoms with van der Waals surface area (Å²) >= 11 is 0. The van der Waals surface area contributed by atoms with E-state index in [1.165, 1.54) is 5.56 Å². The number of carbonyl (C=O) groups is 2. The van der Waals surface area contributed by atoms with E-state index in [4.69, 9.17) is 15.6 Å². The number of likely N-dealkylation sites (tertiary alicyclic amines) is 1. The molecule has 1 saturated heterocycles. The van der Waals surface area contributed by atoms with Crippen molar-refractivity contribution in [3.63, 3.8) is 0 Å². The lowest BCUT2D eigenvalue weighted by molar-refractivity contribution is -0.138. The normalized spacial score (nSPS) is 30.6. The molecule has 4 aliphatic rings. The summed E-state index contributed by atoms with van der Waals surface area (Å²) in [5.74, 6) is 0.659. The molecule has 4 N–H and O–H groups in total. The van der Waals surface area contributed by atoms with E-state index in [1.807, 2.05) is 6.07 Å². The maximum absolute atomic E-state index is 12.5. The van der Waals surface area contributed by atoms with E-state index in [0.29, 0.717) is 24.1 Å². The van der Waals surface area contributed by atoms with E-state index >= 15 is 0 Å². The first-order valence-corrected chi connectivity index (χ1v) is 9.57. The van der Waals surface area contributed by atoms with Crippen molar-refractivity contribution in [2.24, 2.45) is 11.7 Å². The van der Waals surface area contributed by atoms with Crippen molar-refractivity contribution in [3.05, 3.63) is 23.3 Å². The average molecular weight is 447 g/mol. The molecule has 0 radical (unpaired) electrons. The molecule has 1 aromatic carbocycles. The van der Waals surface area contributed by atoms with Gasteiger partial charge in [-0.3, -0.25) is 9.59 Å². The summed E-state index contributed by atoms with van der Waals surface area (Å²) in [6, 6.07) is 4.26. The van der Waals surface area contributed by atoms with Gasteiger partial charge in [-0.05, 0) is 50.4 Å². The monoisotopic (exact) mass is 446 g/mol. The van der Waals surface area contributed by atoms with Crippen LogP contribution in [-0.2, 0) is 21.4 Å². The third-order valence-electron chi connectivity index (χ3n) is 6.74. The van der Waals surface area contributed by atoms with Gasteiger partial charge in [-0.25, -0.2) is 0 Å². The molecule has 1 saturated carbocycles. The Morgan fingerprint density at radius 1 is 1.38 bits per heavy atom. The SMILES string of the molecule is CN1CC[C@]23c4c5ccc(O)c4O[C@H]2C(=O)CC[C@H]3[C@H]1C5.Cl.Cl.NCCC(=O)O. The standard InChI is InChI=1S/C17H19NO3.C3H7NO2.2ClH/c1-18-7-6-17-10-3-5-13(20)16(17)21-15-12(19)4-2-9(14(15)17)8-11(10)18;4-2-1-3(5)6;;/h2,4,10-11,16,19H,3,5-8H2,1H3;1-2,4H2,(H,5,6);2*1H/t10-,11+,16-,17-;;;/m0.../s1. The van der Waals surface area contributed by atoms with Crippen LogP contribution in [0.2, 0.25) is 0 Å². The molecule has 2 fully saturated rings. The molecule has 7 nitrogen and oxygen atoms in total. The van der Waals surface area contributed by atoms with Crippen LogP contribution in [0.1, 0.15) is 36.8 Å². The Balaban J connectivity index is 0.000000334. The number of carboxylic acids is 1. The number of phenols is 1. The number of hydrogen-bond acceptors (Lipinski definition) is 6. The van der Waals surface area contributed by atoms with E-state index in [2.05, 4.69) is 11.9 Å². The second-order valence-corrected chi connectivity index (χ2v) is 8.03. The molecule has 2 aliphatic heterocycles. The van der Waals surface area contributed by atoms with Gasteiger partial charge in [0.1, 0.15) is 0 Å². The number of phenolic OH excluding ortho intramolecular Hbond substituents is 1. The van der Waals surface area contributed by atoms with Crippen molar-refractivity contribution >= 4 is 36.6 Å². The van der Waals surface area contributed by atoms with Crippen LogP contribution in [0, 0.1) is 5.92 Å². The zero-order chi connectivity index (χ0) is 19.3. The zero-order valence-corrected chi connectivity index (χ0v) is 17.9. The highest BCUT2D eigenvalue weighted by atomic mass is 35.5. The van der Waals surface area contributed by atoms with Crippen molar-refractivity contribution in [1.29, 1.82) is 0 Å². The summed E-state index contributed by atoms with van der Waals surface area (Å²) in [5, 5.41) is 18.0. The van der Waals surface area contributed by atoms with Gasteiger partial charge in [0, 0.05) is 30.0 Å². The van der Waals surface area contributed by atoms with Crippen molar-refractivity contribution < 1.29 is 24.5 Å². The summed E-state index contributed by atoms with van der Waals surface area (Å²) in [6.07, 6.45) is 3.25. The molecule has 1 aromatic rings. The second kappa shape index (κ2) is 8.68. The van der Waals surface area contributed by atoms with Crippen molar-refractivity contribution in [2.45, 2.75) is 49.7 Å². The van der Waals surface area contributed by atoms with Gasteiger partial charge < -0.3 is 25.6 Å². The fraction of sp³-hybridized carbons (Fsp3) is 0.600. The number of ether oxygens (including phenoxy) is 1. The van der Waals surface area contributed by atoms with Crippen molar-refractivity contribution in [2.75, 3.05) is 20.1 Å². The molecule has 0 unspecified atom stereocenters. The molecule has 162 valence electrons. The fourth-order valence-corrected chi connectivity index (χ4v) is 5.64. The Bertz CT molecular complexity index is 805. The highest BCUT2D eigenvalue weighted by Gasteiger charge is 2.65. The van der Waals surface area contributed by atoms with Gasteiger partial charge in [0.2, 0.25) is 0 Å². The molecule has 2 heterocycles. The third-order valence-corrected chi connectivity index (χ3v) is 6.74. The van der Waals surface area contributed by atoms with Crippen LogP contribution in [0.5, 0.6) is 11.5 Å². The second-order valence-electron chi connectivity index (χ2n) is 8.03. The number of nitrogens with two attached hydrogens (primary N) is 1. The van der Waals surface area contributed by atoms with Crippen LogP contribution in [0.3, 0.4) is 0 Å². The first kappa shape index (κ1) is 23.7. The zero-order valence-electron chi connectivity index (χ0n) is 16.3. The minimum atomic E-state index is -0.836. The van der Waals surface area contributed by atoms with Gasteiger partial charge in [-0.1, -0.05) is 6.07 Å². The van der Waals surface area contributed by atoms with Gasteiger partial charge in [-0.2, -0.15) is 0 Å². The maximum atomic E-state index is 12.5. The van der Waals surface area contributed by atoms with E-state index in [1.54, 1.807) is 6.07 Å². The molecule has 0 amide bonds. The molecule has 9 heteroatoms. The number of rotatable bonds is 2. The fourth-order valence-electron chi connectivity index (χ4n) is 5.64. The number of Topliss-reactive ketones (excluding diaryl/α,β-unsaturated/α-hetero) is 1. The Morgan fingerprint density at radius 3 is 2.72 bits per heavy atom. The molecule has 1 spiro atoms. The lowest BCUT2D eigenvalue weighted by Crippen LogP contribution is -2.65. The minimum Gasteiger partial charge on any atom is -0.504 e. The van der Waals surface area contributed by atoms with Crippen LogP contribution in [0.25, 0.3) is 0 Å². The minimum absolute atomic E-state index is 0. The summed E-state index contributed by atoms with van der Waals surface area (Å²) in [5.41, 5.74) is 7.11. The number of halogens is 2. The van der Waals surface area contributed by atoms with Gasteiger partial charge in [0.25, 0.3) is 0 Å². The van der Waals surface area contributed by atoms with Gasteiger partial charge in [0.05, 0.1) is 6.42 Å². The van der Waals surface area contributed by atoms with E-state index in [-0.39, 0.29) is 60.8 Å². The molecule has 5 rings (SSSR count). The Kier molecular flexibility index (Phi) is 7.10. The molecular weight excluding hydrogens is 419 g/mol. The Labute approximate surface area is 182 Å². The van der Waals surface area contributed by atoms with Gasteiger partial charge in [0.15, 0.2) is 23.4 Å². The van der Waals surface area contributed by atoms with Crippen molar-refractivity contribution in [1.82, 2.24) is 4.90 Å². The quantitative estimate of drug-likeness (QED) is 0.635. The summed E-state index contributed by atoms with van der Waals surface area (Å²) < 4.78 is 6.04. The number of carbonyl (C=O) groups excluding carboxylic acids is 1. The van der Waals surface area contributed by atoms with E-state index in [0.717, 1.165) is 31.4 Å². The van der Waals surface area contributed by atoms with Crippen LogP contribution < -0.4 is 10.5 Å². The largest absolute Gasteiger partial charge is 0.504 e. The molecule has 2 aliphatic carbocycles. The van der Waals surface area contributed by atoms with Crippen LogP contribution in [0.4, 0.5) is 0 Å². The van der Waals surface area contributed by atoms with E-state index < -0.39 is 5.97 Å². The number of ketones is 1. The first-order valence-electron chi connectivity index (χ1n) is 9.57. The number of benzene rings is 1. The molecule has 4 atom stereocenters. The highest BCUT2D eigenvalue weighted by molar-refractivity contribution is 5.89. The Morgan fingerprint density at radius 2 is 2.10 bits per heavy atom. The van der Waals surface area contributed by atoms with Gasteiger partial charge >= 0.3 is 5.97 Å². The maximum Gasteiger partial charge on any atom is 0.304 e. The predicted octanol–water partition coefficient (Wildman–Crippen LogP) is 1.89. The number of hydrogen-bond donors (Lipinski definition) is 3. The molecule has 0 aromatic heterocycles. The number of aliphatic carboxylic acids is 1. The summed E-state index contributed by atoms with van der Waals surface area (Å²) in [4.78, 5) is 24.5. The van der Waals surface area contributed by atoms with Crippen molar-refractivity contribution in [3.8, 4) is 11.5 Å². The number of piperidine rings is 1. The topological polar surface area (TPSA) is 113 Å². The van der Waals surface area contributed by atoms with Crippen LogP contribution >= 0.6 is 24.8 Å². The van der Waals surface area contributed by atoms with Crippen LogP contribution in [-0.4, -0.2) is 59.1 Å². The lowest BCUT2D eigenvalue weighted by atomic mass is 9.52. The number of carboxylic acid groups (broad SMARTS) is 1. The number of nitrogens with zero attached hydrogens (tertiary/aromatic N) is 1. The van der Waals surface area contributed by atoms with E-state index in [9.17, 15) is 14.7 Å². The number of likely N-dealkylation sites (N-methyl/N-ethyl adjacent to an activating group) is 1. The lowest BCUT2D eigenvalue weighted by Gasteiger charge is -2.57. The molecule has 2 bridgehead atoms. The predicted molar refractivity (Wildman–Crippen MR) is 112 cm³/mol. The average Bonchev–Trinajstić information content (AvgIpc) is 2.98. The van der Waals surface area contributed by atoms with Gasteiger partial charge in [-0.15, -0.1) is 24.8 Å². The molecular formula is C20H28Cl2N2O5. The third kappa shape index (κ3) is 3.48. The Hall–Kier alpha value is -1.54. The van der Waals surface area contributed by atoms with Crippen LogP contribution in [0.15, 0.2) is 12.1 Å². The smallest absolute Gasteiger partial charge is 0.304 e.